The molecular formula is C11H9N5O. The molecule has 0 radical (unpaired) electrons. The van der Waals surface area contributed by atoms with Gasteiger partial charge in [0.05, 0.1) is 18.4 Å². The molecule has 6 heteroatoms. The lowest BCUT2D eigenvalue weighted by atomic mass is 10.2. The first kappa shape index (κ1) is 10.8. The minimum Gasteiger partial charge on any atom is -0.397 e. The van der Waals surface area contributed by atoms with Gasteiger partial charge >= 0.3 is 0 Å². The summed E-state index contributed by atoms with van der Waals surface area (Å²) in [5.74, 6) is 0. The monoisotopic (exact) mass is 227 g/mol. The van der Waals surface area contributed by atoms with Crippen LogP contribution in [0.25, 0.3) is 0 Å². The van der Waals surface area contributed by atoms with E-state index in [1.54, 1.807) is 12.1 Å². The molecule has 84 valence electrons. The minimum atomic E-state index is -0.277. The van der Waals surface area contributed by atoms with Gasteiger partial charge in [0.2, 0.25) is 0 Å². The molecule has 0 aliphatic rings. The van der Waals surface area contributed by atoms with Crippen molar-refractivity contribution in [3.05, 3.63) is 52.2 Å². The standard InChI is InChI=1S/C11H9N5O/c12-5-10-3-8(1-2-14-10)7-16-11(17)4-9(13)6-15-16/h1-4,6H,7,13H2. The maximum absolute atomic E-state index is 11.5. The Labute approximate surface area is 96.9 Å². The molecule has 0 aliphatic carbocycles. The van der Waals surface area contributed by atoms with Crippen LogP contribution in [0.2, 0.25) is 0 Å². The Morgan fingerprint density at radius 2 is 2.29 bits per heavy atom. The van der Waals surface area contributed by atoms with Gasteiger partial charge in [-0.25, -0.2) is 9.67 Å². The minimum absolute atomic E-state index is 0.277. The van der Waals surface area contributed by atoms with Gasteiger partial charge in [-0.2, -0.15) is 10.4 Å². The predicted molar refractivity (Wildman–Crippen MR) is 61.0 cm³/mol. The molecule has 0 bridgehead atoms. The molecule has 2 heterocycles. The number of nitrogens with zero attached hydrogens (tertiary/aromatic N) is 4. The van der Waals surface area contributed by atoms with Crippen molar-refractivity contribution in [1.82, 2.24) is 14.8 Å². The van der Waals surface area contributed by atoms with Crippen LogP contribution >= 0.6 is 0 Å². The average molecular weight is 227 g/mol. The zero-order chi connectivity index (χ0) is 12.3. The maximum atomic E-state index is 11.5. The fourth-order valence-electron chi connectivity index (χ4n) is 1.37. The molecule has 2 aromatic rings. The van der Waals surface area contributed by atoms with Crippen molar-refractivity contribution in [3.8, 4) is 6.07 Å². The molecule has 0 aliphatic heterocycles. The SMILES string of the molecule is N#Cc1cc(Cn2ncc(N)cc2=O)ccn1. The van der Waals surface area contributed by atoms with Crippen LogP contribution in [0.5, 0.6) is 0 Å². The molecule has 0 fully saturated rings. The third kappa shape index (κ3) is 2.46. The second-order valence-electron chi connectivity index (χ2n) is 3.45. The third-order valence-electron chi connectivity index (χ3n) is 2.16. The highest BCUT2D eigenvalue weighted by Crippen LogP contribution is 2.02. The summed E-state index contributed by atoms with van der Waals surface area (Å²) in [6, 6.07) is 6.59. The van der Waals surface area contributed by atoms with E-state index in [2.05, 4.69) is 10.1 Å². The van der Waals surface area contributed by atoms with E-state index in [1.807, 2.05) is 6.07 Å². The lowest BCUT2D eigenvalue weighted by molar-refractivity contribution is 0.639. The molecule has 0 spiro atoms. The van der Waals surface area contributed by atoms with Crippen molar-refractivity contribution in [3.63, 3.8) is 0 Å². The summed E-state index contributed by atoms with van der Waals surface area (Å²) >= 11 is 0. The number of pyridine rings is 1. The maximum Gasteiger partial charge on any atom is 0.269 e. The highest BCUT2D eigenvalue weighted by atomic mass is 16.1. The van der Waals surface area contributed by atoms with Gasteiger partial charge < -0.3 is 5.73 Å². The van der Waals surface area contributed by atoms with Gasteiger partial charge in [-0.1, -0.05) is 0 Å². The average Bonchev–Trinajstić information content (AvgIpc) is 2.33. The van der Waals surface area contributed by atoms with E-state index in [-0.39, 0.29) is 12.1 Å². The van der Waals surface area contributed by atoms with Crippen LogP contribution < -0.4 is 11.3 Å². The molecule has 17 heavy (non-hydrogen) atoms. The smallest absolute Gasteiger partial charge is 0.269 e. The Hall–Kier alpha value is -2.68. The molecule has 0 saturated carbocycles. The number of nitrogen functional groups attached to an aromatic ring is 1. The Balaban J connectivity index is 2.32. The normalized spacial score (nSPS) is 9.82. The summed E-state index contributed by atoms with van der Waals surface area (Å²) in [7, 11) is 0. The van der Waals surface area contributed by atoms with E-state index in [1.165, 1.54) is 23.1 Å². The summed E-state index contributed by atoms with van der Waals surface area (Å²) < 4.78 is 1.27. The fourth-order valence-corrected chi connectivity index (χ4v) is 1.37. The molecule has 6 nitrogen and oxygen atoms in total. The Morgan fingerprint density at radius 1 is 1.47 bits per heavy atom. The molecule has 0 atom stereocenters. The lowest BCUT2D eigenvalue weighted by Crippen LogP contribution is -2.22. The van der Waals surface area contributed by atoms with E-state index < -0.39 is 0 Å². The van der Waals surface area contributed by atoms with E-state index in [9.17, 15) is 4.79 Å². The number of nitriles is 1. The molecule has 0 amide bonds. The van der Waals surface area contributed by atoms with Crippen LogP contribution in [-0.2, 0) is 6.54 Å². The predicted octanol–water partition coefficient (Wildman–Crippen LogP) is 0.140. The quantitative estimate of drug-likeness (QED) is 0.786. The zero-order valence-electron chi connectivity index (χ0n) is 8.87. The van der Waals surface area contributed by atoms with Crippen LogP contribution in [0.15, 0.2) is 35.4 Å². The number of nitrogens with two attached hydrogens (primary N) is 1. The second kappa shape index (κ2) is 4.45. The summed E-state index contributed by atoms with van der Waals surface area (Å²) in [5, 5.41) is 12.6. The lowest BCUT2D eigenvalue weighted by Gasteiger charge is -2.04. The molecule has 0 aromatic carbocycles. The summed E-state index contributed by atoms with van der Waals surface area (Å²) in [4.78, 5) is 15.4. The van der Waals surface area contributed by atoms with Gasteiger partial charge in [-0.15, -0.1) is 0 Å². The van der Waals surface area contributed by atoms with Gasteiger partial charge in [-0.3, -0.25) is 4.79 Å². The van der Waals surface area contributed by atoms with Crippen LogP contribution in [0.3, 0.4) is 0 Å². The summed E-state index contributed by atoms with van der Waals surface area (Å²) in [5.41, 5.74) is 6.59. The highest BCUT2D eigenvalue weighted by Gasteiger charge is 2.01. The van der Waals surface area contributed by atoms with Crippen LogP contribution in [0, 0.1) is 11.3 Å². The number of aromatic nitrogens is 3. The molecule has 2 N–H and O–H groups in total. The first-order chi connectivity index (χ1) is 8.19. The Kier molecular flexibility index (Phi) is 2.83. The van der Waals surface area contributed by atoms with E-state index in [0.29, 0.717) is 11.4 Å². The topological polar surface area (TPSA) is 97.6 Å². The number of anilines is 1. The van der Waals surface area contributed by atoms with E-state index >= 15 is 0 Å². The summed E-state index contributed by atoms with van der Waals surface area (Å²) in [6.07, 6.45) is 2.93. The van der Waals surface area contributed by atoms with Crippen LogP contribution in [0.4, 0.5) is 5.69 Å². The first-order valence-electron chi connectivity index (χ1n) is 4.87. The molecular weight excluding hydrogens is 218 g/mol. The third-order valence-corrected chi connectivity index (χ3v) is 2.16. The van der Waals surface area contributed by atoms with Gasteiger partial charge in [0, 0.05) is 12.3 Å². The van der Waals surface area contributed by atoms with E-state index in [0.717, 1.165) is 5.56 Å². The summed E-state index contributed by atoms with van der Waals surface area (Å²) in [6.45, 7) is 0.288. The van der Waals surface area contributed by atoms with Crippen molar-refractivity contribution in [2.45, 2.75) is 6.54 Å². The number of hydrogen-bond donors (Lipinski definition) is 1. The molecule has 2 aromatic heterocycles. The number of rotatable bonds is 2. The van der Waals surface area contributed by atoms with E-state index in [4.69, 9.17) is 11.0 Å². The molecule has 2 rings (SSSR count). The van der Waals surface area contributed by atoms with Crippen molar-refractivity contribution >= 4 is 5.69 Å². The van der Waals surface area contributed by atoms with Crippen LogP contribution in [0.1, 0.15) is 11.3 Å². The van der Waals surface area contributed by atoms with Gasteiger partial charge in [0.1, 0.15) is 11.8 Å². The van der Waals surface area contributed by atoms with Crippen molar-refractivity contribution in [1.29, 1.82) is 5.26 Å². The Morgan fingerprint density at radius 3 is 3.00 bits per heavy atom. The van der Waals surface area contributed by atoms with Crippen molar-refractivity contribution in [2.75, 3.05) is 5.73 Å². The van der Waals surface area contributed by atoms with Gasteiger partial charge in [0.15, 0.2) is 0 Å². The molecule has 0 saturated heterocycles. The second-order valence-corrected chi connectivity index (χ2v) is 3.45. The zero-order valence-corrected chi connectivity index (χ0v) is 8.87. The highest BCUT2D eigenvalue weighted by molar-refractivity contribution is 5.31. The van der Waals surface area contributed by atoms with Crippen molar-refractivity contribution < 1.29 is 0 Å². The Bertz CT molecular complexity index is 641. The fraction of sp³-hybridized carbons (Fsp3) is 0.0909. The first-order valence-corrected chi connectivity index (χ1v) is 4.87. The number of hydrogen-bond acceptors (Lipinski definition) is 5. The largest absolute Gasteiger partial charge is 0.397 e. The molecule has 0 unspecified atom stereocenters. The van der Waals surface area contributed by atoms with Crippen LogP contribution in [-0.4, -0.2) is 14.8 Å². The van der Waals surface area contributed by atoms with Crippen molar-refractivity contribution in [2.24, 2.45) is 0 Å². The van der Waals surface area contributed by atoms with Gasteiger partial charge in [0.25, 0.3) is 5.56 Å². The van der Waals surface area contributed by atoms with Gasteiger partial charge in [-0.05, 0) is 17.7 Å².